The summed E-state index contributed by atoms with van der Waals surface area (Å²) in [5.41, 5.74) is 2.12. The molecule has 1 saturated heterocycles. The number of benzene rings is 1. The fraction of sp³-hybridized carbons (Fsp3) is 0.500. The first-order chi connectivity index (χ1) is 8.20. The number of rotatable bonds is 1. The molecule has 2 aliphatic heterocycles. The van der Waals surface area contributed by atoms with Gasteiger partial charge < -0.3 is 10.6 Å². The Bertz CT molecular complexity index is 467. The predicted molar refractivity (Wildman–Crippen MR) is 65.3 cm³/mol. The van der Waals surface area contributed by atoms with Crippen LogP contribution < -0.4 is 10.6 Å². The monoisotopic (exact) mass is 233 g/mol. The zero-order chi connectivity index (χ0) is 11.9. The highest BCUT2D eigenvalue weighted by molar-refractivity contribution is 5.66. The summed E-state index contributed by atoms with van der Waals surface area (Å²) in [6, 6.07) is 5.30. The van der Waals surface area contributed by atoms with Gasteiger partial charge in [0.1, 0.15) is 0 Å². The largest absolute Gasteiger partial charge is 0.379 e. The summed E-state index contributed by atoms with van der Waals surface area (Å²) < 4.78 is 0. The van der Waals surface area contributed by atoms with Gasteiger partial charge in [-0.3, -0.25) is 10.1 Å². The molecule has 0 unspecified atom stereocenters. The minimum atomic E-state index is -0.277. The SMILES string of the molecule is O=[N+]([O-])c1cccc2c1CC1(CCNCC1)N2. The highest BCUT2D eigenvalue weighted by atomic mass is 16.6. The molecule has 2 aliphatic rings. The van der Waals surface area contributed by atoms with E-state index in [1.165, 1.54) is 0 Å². The van der Waals surface area contributed by atoms with Gasteiger partial charge in [0.25, 0.3) is 5.69 Å². The van der Waals surface area contributed by atoms with Gasteiger partial charge in [0.2, 0.25) is 0 Å². The number of hydrogen-bond acceptors (Lipinski definition) is 4. The van der Waals surface area contributed by atoms with Crippen molar-refractivity contribution in [1.29, 1.82) is 0 Å². The van der Waals surface area contributed by atoms with Crippen LogP contribution in [0.3, 0.4) is 0 Å². The normalized spacial score (nSPS) is 20.9. The number of nitro groups is 1. The van der Waals surface area contributed by atoms with Crippen LogP contribution in [0.15, 0.2) is 18.2 Å². The average molecular weight is 233 g/mol. The lowest BCUT2D eigenvalue weighted by Gasteiger charge is -2.34. The highest BCUT2D eigenvalue weighted by Gasteiger charge is 2.40. The number of fused-ring (bicyclic) bond motifs is 1. The number of hydrogen-bond donors (Lipinski definition) is 2. The molecule has 0 amide bonds. The quantitative estimate of drug-likeness (QED) is 0.572. The maximum absolute atomic E-state index is 11.0. The Morgan fingerprint density at radius 1 is 1.29 bits per heavy atom. The Morgan fingerprint density at radius 3 is 2.76 bits per heavy atom. The summed E-state index contributed by atoms with van der Waals surface area (Å²) in [6.45, 7) is 1.96. The van der Waals surface area contributed by atoms with Crippen LogP contribution in [-0.4, -0.2) is 23.6 Å². The van der Waals surface area contributed by atoms with Crippen LogP contribution in [-0.2, 0) is 6.42 Å². The molecular weight excluding hydrogens is 218 g/mol. The third-order valence-corrected chi connectivity index (χ3v) is 3.82. The Balaban J connectivity index is 1.97. The minimum Gasteiger partial charge on any atom is -0.379 e. The van der Waals surface area contributed by atoms with E-state index in [4.69, 9.17) is 0 Å². The highest BCUT2D eigenvalue weighted by Crippen LogP contribution is 2.41. The first-order valence-electron chi connectivity index (χ1n) is 5.95. The Kier molecular flexibility index (Phi) is 2.29. The molecule has 90 valence electrons. The lowest BCUT2D eigenvalue weighted by atomic mass is 9.85. The smallest absolute Gasteiger partial charge is 0.274 e. The number of piperidine rings is 1. The second-order valence-electron chi connectivity index (χ2n) is 4.89. The molecule has 3 rings (SSSR count). The summed E-state index contributed by atoms with van der Waals surface area (Å²) in [4.78, 5) is 10.7. The molecule has 1 fully saturated rings. The second kappa shape index (κ2) is 3.70. The van der Waals surface area contributed by atoms with Crippen molar-refractivity contribution < 1.29 is 4.92 Å². The van der Waals surface area contributed by atoms with Gasteiger partial charge in [0.05, 0.1) is 10.5 Å². The molecule has 5 heteroatoms. The van der Waals surface area contributed by atoms with Gasteiger partial charge in [-0.25, -0.2) is 0 Å². The number of anilines is 1. The maximum Gasteiger partial charge on any atom is 0.274 e. The molecule has 0 aliphatic carbocycles. The van der Waals surface area contributed by atoms with E-state index >= 15 is 0 Å². The van der Waals surface area contributed by atoms with E-state index in [2.05, 4.69) is 10.6 Å². The summed E-state index contributed by atoms with van der Waals surface area (Å²) in [7, 11) is 0. The van der Waals surface area contributed by atoms with Gasteiger partial charge >= 0.3 is 0 Å². The molecule has 5 nitrogen and oxygen atoms in total. The van der Waals surface area contributed by atoms with Crippen LogP contribution in [0.2, 0.25) is 0 Å². The van der Waals surface area contributed by atoms with Crippen LogP contribution in [0.25, 0.3) is 0 Å². The van der Waals surface area contributed by atoms with E-state index < -0.39 is 0 Å². The molecule has 1 spiro atoms. The van der Waals surface area contributed by atoms with Crippen molar-refractivity contribution in [3.63, 3.8) is 0 Å². The van der Waals surface area contributed by atoms with Gasteiger partial charge in [0.15, 0.2) is 0 Å². The standard InChI is InChI=1S/C12H15N3O2/c16-15(17)11-3-1-2-10-9(11)8-12(14-10)4-6-13-7-5-12/h1-3,13-14H,4-8H2. The topological polar surface area (TPSA) is 67.2 Å². The molecule has 0 radical (unpaired) electrons. The Morgan fingerprint density at radius 2 is 2.06 bits per heavy atom. The van der Waals surface area contributed by atoms with E-state index in [0.29, 0.717) is 0 Å². The number of nitro benzene ring substituents is 1. The third kappa shape index (κ3) is 1.67. The molecule has 2 N–H and O–H groups in total. The number of nitrogens with zero attached hydrogens (tertiary/aromatic N) is 1. The predicted octanol–water partition coefficient (Wildman–Crippen LogP) is 1.68. The van der Waals surface area contributed by atoms with Crippen molar-refractivity contribution in [1.82, 2.24) is 5.32 Å². The molecule has 17 heavy (non-hydrogen) atoms. The Labute approximate surface area is 99.4 Å². The molecule has 0 bridgehead atoms. The number of nitrogens with one attached hydrogen (secondary N) is 2. The molecular formula is C12H15N3O2. The summed E-state index contributed by atoms with van der Waals surface area (Å²) in [5, 5.41) is 17.8. The van der Waals surface area contributed by atoms with Crippen LogP contribution in [0, 0.1) is 10.1 Å². The molecule has 2 heterocycles. The van der Waals surface area contributed by atoms with Crippen molar-refractivity contribution in [2.75, 3.05) is 18.4 Å². The lowest BCUT2D eigenvalue weighted by Crippen LogP contribution is -2.46. The van der Waals surface area contributed by atoms with Crippen molar-refractivity contribution in [3.05, 3.63) is 33.9 Å². The van der Waals surface area contributed by atoms with E-state index in [-0.39, 0.29) is 16.1 Å². The van der Waals surface area contributed by atoms with Crippen molar-refractivity contribution in [3.8, 4) is 0 Å². The Hall–Kier alpha value is -1.62. The van der Waals surface area contributed by atoms with Crippen LogP contribution in [0.1, 0.15) is 18.4 Å². The third-order valence-electron chi connectivity index (χ3n) is 3.82. The van der Waals surface area contributed by atoms with Gasteiger partial charge in [0, 0.05) is 23.7 Å². The van der Waals surface area contributed by atoms with E-state index in [0.717, 1.165) is 43.6 Å². The molecule has 0 aromatic heterocycles. The minimum absolute atomic E-state index is 0.0414. The average Bonchev–Trinajstić information content (AvgIpc) is 2.66. The van der Waals surface area contributed by atoms with E-state index in [1.54, 1.807) is 12.1 Å². The molecule has 1 aromatic carbocycles. The zero-order valence-electron chi connectivity index (χ0n) is 9.53. The van der Waals surface area contributed by atoms with Crippen LogP contribution >= 0.6 is 0 Å². The van der Waals surface area contributed by atoms with Crippen molar-refractivity contribution in [2.24, 2.45) is 0 Å². The fourth-order valence-electron chi connectivity index (χ4n) is 2.92. The lowest BCUT2D eigenvalue weighted by molar-refractivity contribution is -0.385. The zero-order valence-corrected chi connectivity index (χ0v) is 9.53. The summed E-state index contributed by atoms with van der Waals surface area (Å²) in [5.74, 6) is 0. The molecule has 0 atom stereocenters. The fourth-order valence-corrected chi connectivity index (χ4v) is 2.92. The summed E-state index contributed by atoms with van der Waals surface area (Å²) in [6.07, 6.45) is 2.83. The van der Waals surface area contributed by atoms with E-state index in [1.807, 2.05) is 6.07 Å². The van der Waals surface area contributed by atoms with Crippen LogP contribution in [0.4, 0.5) is 11.4 Å². The van der Waals surface area contributed by atoms with E-state index in [9.17, 15) is 10.1 Å². The van der Waals surface area contributed by atoms with Gasteiger partial charge in [-0.05, 0) is 32.0 Å². The first kappa shape index (κ1) is 10.5. The molecule has 1 aromatic rings. The van der Waals surface area contributed by atoms with Crippen molar-refractivity contribution in [2.45, 2.75) is 24.8 Å². The summed E-state index contributed by atoms with van der Waals surface area (Å²) >= 11 is 0. The van der Waals surface area contributed by atoms with Gasteiger partial charge in [-0.2, -0.15) is 0 Å². The van der Waals surface area contributed by atoms with Crippen molar-refractivity contribution >= 4 is 11.4 Å². The maximum atomic E-state index is 11.0. The van der Waals surface area contributed by atoms with Gasteiger partial charge in [-0.1, -0.05) is 6.07 Å². The molecule has 0 saturated carbocycles. The van der Waals surface area contributed by atoms with Gasteiger partial charge in [-0.15, -0.1) is 0 Å². The first-order valence-corrected chi connectivity index (χ1v) is 5.95. The second-order valence-corrected chi connectivity index (χ2v) is 4.89. The van der Waals surface area contributed by atoms with Crippen LogP contribution in [0.5, 0.6) is 0 Å².